The molecule has 182 valence electrons. The van der Waals surface area contributed by atoms with E-state index < -0.39 is 53.3 Å². The van der Waals surface area contributed by atoms with Gasteiger partial charge in [-0.3, -0.25) is 24.7 Å². The van der Waals surface area contributed by atoms with Gasteiger partial charge in [0.2, 0.25) is 11.8 Å². The van der Waals surface area contributed by atoms with Crippen molar-refractivity contribution in [1.29, 1.82) is 5.26 Å². The van der Waals surface area contributed by atoms with E-state index in [0.29, 0.717) is 5.56 Å². The van der Waals surface area contributed by atoms with Crippen LogP contribution in [0.4, 0.5) is 23.2 Å². The van der Waals surface area contributed by atoms with E-state index in [1.54, 1.807) is 6.07 Å². The van der Waals surface area contributed by atoms with Crippen LogP contribution in [0.15, 0.2) is 42.5 Å². The quantitative estimate of drug-likeness (QED) is 0.296. The highest BCUT2D eigenvalue weighted by Gasteiger charge is 2.61. The highest BCUT2D eigenvalue weighted by molar-refractivity contribution is 6.10. The third kappa shape index (κ3) is 4.19. The predicted octanol–water partition coefficient (Wildman–Crippen LogP) is 2.23. The zero-order valence-corrected chi connectivity index (χ0v) is 18.1. The van der Waals surface area contributed by atoms with Gasteiger partial charge in [-0.05, 0) is 48.7 Å². The van der Waals surface area contributed by atoms with Crippen LogP contribution >= 0.6 is 0 Å². The minimum absolute atomic E-state index is 0.0315. The van der Waals surface area contributed by atoms with E-state index in [1.165, 1.54) is 29.2 Å². The molecule has 2 aromatic carbocycles. The average Bonchev–Trinajstić information content (AvgIpc) is 2.79. The Hall–Kier alpha value is -3.98. The molecular formula is C23H19F4N5O3. The third-order valence-electron chi connectivity index (χ3n) is 6.43. The van der Waals surface area contributed by atoms with Crippen molar-refractivity contribution in [2.75, 3.05) is 11.4 Å². The van der Waals surface area contributed by atoms with Crippen LogP contribution in [0.1, 0.15) is 29.5 Å². The fraction of sp³-hybridized carbons (Fsp3) is 0.304. The number of alkyl halides is 3. The van der Waals surface area contributed by atoms with E-state index in [2.05, 4.69) is 0 Å². The summed E-state index contributed by atoms with van der Waals surface area (Å²) in [6.45, 7) is -0.693. The molecule has 0 bridgehead atoms. The van der Waals surface area contributed by atoms with Crippen LogP contribution in [0.2, 0.25) is 0 Å². The maximum Gasteiger partial charge on any atom is 0.416 e. The van der Waals surface area contributed by atoms with Gasteiger partial charge in [0.25, 0.3) is 5.91 Å². The SMILES string of the molecule is N#Cc1ccc(N2CC(=O)N(Cc3ccc(C(F)(F)F)cc3)C3(CC(C(=O)NN)C3)C2=O)c(F)c1. The summed E-state index contributed by atoms with van der Waals surface area (Å²) in [6, 6.07) is 9.44. The summed E-state index contributed by atoms with van der Waals surface area (Å²) in [5, 5.41) is 8.96. The third-order valence-corrected chi connectivity index (χ3v) is 6.43. The maximum absolute atomic E-state index is 14.7. The lowest BCUT2D eigenvalue weighted by Crippen LogP contribution is -2.74. The van der Waals surface area contributed by atoms with E-state index in [-0.39, 0.29) is 30.6 Å². The van der Waals surface area contributed by atoms with Crippen molar-refractivity contribution in [3.8, 4) is 6.07 Å². The smallest absolute Gasteiger partial charge is 0.322 e. The molecule has 8 nitrogen and oxygen atoms in total. The standard InChI is InChI=1S/C23H19F4N5O3/c24-17-7-14(10-28)3-6-18(17)31-12-19(33)32(11-13-1-4-16(5-2-13)23(25,26)27)22(21(31)35)8-15(9-22)20(34)30-29/h1-7,15H,8-9,11-12,29H2,(H,30,34). The second-order valence-electron chi connectivity index (χ2n) is 8.49. The van der Waals surface area contributed by atoms with Crippen molar-refractivity contribution in [3.05, 3.63) is 65.0 Å². The number of hydrogen-bond donors (Lipinski definition) is 2. The van der Waals surface area contributed by atoms with Crippen LogP contribution in [0.25, 0.3) is 0 Å². The monoisotopic (exact) mass is 489 g/mol. The Kier molecular flexibility index (Phi) is 5.98. The van der Waals surface area contributed by atoms with Gasteiger partial charge in [-0.1, -0.05) is 12.1 Å². The van der Waals surface area contributed by atoms with Gasteiger partial charge in [0.05, 0.1) is 22.9 Å². The van der Waals surface area contributed by atoms with Crippen molar-refractivity contribution >= 4 is 23.4 Å². The van der Waals surface area contributed by atoms with Gasteiger partial charge in [-0.25, -0.2) is 10.2 Å². The number of carbonyl (C=O) groups is 3. The van der Waals surface area contributed by atoms with E-state index in [9.17, 15) is 31.9 Å². The predicted molar refractivity (Wildman–Crippen MR) is 113 cm³/mol. The normalized spacial score (nSPS) is 22.1. The van der Waals surface area contributed by atoms with Crippen molar-refractivity contribution in [2.45, 2.75) is 31.1 Å². The number of nitriles is 1. The molecule has 2 aliphatic rings. The Morgan fingerprint density at radius 1 is 1.17 bits per heavy atom. The van der Waals surface area contributed by atoms with Crippen molar-refractivity contribution in [1.82, 2.24) is 10.3 Å². The molecule has 0 aromatic heterocycles. The summed E-state index contributed by atoms with van der Waals surface area (Å²) in [4.78, 5) is 41.0. The molecule has 0 unspecified atom stereocenters. The summed E-state index contributed by atoms with van der Waals surface area (Å²) < 4.78 is 53.4. The number of rotatable bonds is 4. The molecular weight excluding hydrogens is 470 g/mol. The van der Waals surface area contributed by atoms with Gasteiger partial charge in [0, 0.05) is 12.5 Å². The number of nitrogens with two attached hydrogens (primary N) is 1. The molecule has 1 spiro atoms. The first-order valence-corrected chi connectivity index (χ1v) is 10.5. The van der Waals surface area contributed by atoms with Gasteiger partial charge in [0.1, 0.15) is 17.9 Å². The summed E-state index contributed by atoms with van der Waals surface area (Å²) in [5.74, 6) is 1.91. The molecule has 4 rings (SSSR count). The molecule has 3 amide bonds. The van der Waals surface area contributed by atoms with Crippen LogP contribution in [-0.2, 0) is 27.1 Å². The second kappa shape index (κ2) is 8.66. The first-order valence-electron chi connectivity index (χ1n) is 10.5. The topological polar surface area (TPSA) is 120 Å². The molecule has 1 saturated heterocycles. The molecule has 3 N–H and O–H groups in total. The van der Waals surface area contributed by atoms with Crippen molar-refractivity contribution < 1.29 is 31.9 Å². The Balaban J connectivity index is 1.67. The number of amides is 3. The molecule has 1 aliphatic carbocycles. The number of benzene rings is 2. The first-order chi connectivity index (χ1) is 16.5. The van der Waals surface area contributed by atoms with Crippen LogP contribution in [-0.4, -0.2) is 34.7 Å². The maximum atomic E-state index is 14.7. The number of piperazine rings is 1. The van der Waals surface area contributed by atoms with Gasteiger partial charge in [-0.2, -0.15) is 18.4 Å². The van der Waals surface area contributed by atoms with E-state index in [1.807, 2.05) is 5.43 Å². The highest BCUT2D eigenvalue weighted by Crippen LogP contribution is 2.47. The minimum Gasteiger partial charge on any atom is -0.322 e. The molecule has 12 heteroatoms. The summed E-state index contributed by atoms with van der Waals surface area (Å²) in [6.07, 6.45) is -4.70. The molecule has 35 heavy (non-hydrogen) atoms. The molecule has 2 aromatic rings. The van der Waals surface area contributed by atoms with Crippen LogP contribution in [0.5, 0.6) is 0 Å². The summed E-state index contributed by atoms with van der Waals surface area (Å²) in [7, 11) is 0. The van der Waals surface area contributed by atoms with Crippen LogP contribution in [0.3, 0.4) is 0 Å². The Bertz CT molecular complexity index is 1230. The lowest BCUT2D eigenvalue weighted by Gasteiger charge is -2.56. The molecule has 0 radical (unpaired) electrons. The fourth-order valence-electron chi connectivity index (χ4n) is 4.56. The Morgan fingerprint density at radius 3 is 2.37 bits per heavy atom. The van der Waals surface area contributed by atoms with E-state index >= 15 is 0 Å². The van der Waals surface area contributed by atoms with E-state index in [0.717, 1.165) is 23.1 Å². The number of nitrogens with zero attached hydrogens (tertiary/aromatic N) is 3. The number of hydrogen-bond acceptors (Lipinski definition) is 5. The largest absolute Gasteiger partial charge is 0.416 e. The van der Waals surface area contributed by atoms with Crippen molar-refractivity contribution in [2.24, 2.45) is 11.8 Å². The number of nitrogens with one attached hydrogen (secondary N) is 1. The van der Waals surface area contributed by atoms with Crippen LogP contribution in [0, 0.1) is 23.1 Å². The zero-order valence-electron chi connectivity index (χ0n) is 18.1. The zero-order chi connectivity index (χ0) is 25.5. The van der Waals surface area contributed by atoms with Gasteiger partial charge < -0.3 is 4.90 Å². The second-order valence-corrected chi connectivity index (χ2v) is 8.49. The highest BCUT2D eigenvalue weighted by atomic mass is 19.4. The minimum atomic E-state index is -4.53. The molecule has 1 aliphatic heterocycles. The van der Waals surface area contributed by atoms with Gasteiger partial charge >= 0.3 is 6.18 Å². The first kappa shape index (κ1) is 24.2. The summed E-state index contributed by atoms with van der Waals surface area (Å²) >= 11 is 0. The van der Waals surface area contributed by atoms with Crippen molar-refractivity contribution in [3.63, 3.8) is 0 Å². The number of hydrazine groups is 1. The van der Waals surface area contributed by atoms with Gasteiger partial charge in [0.15, 0.2) is 0 Å². The lowest BCUT2D eigenvalue weighted by molar-refractivity contribution is -0.165. The summed E-state index contributed by atoms with van der Waals surface area (Å²) in [5.41, 5.74) is -0.173. The van der Waals surface area contributed by atoms with E-state index in [4.69, 9.17) is 11.1 Å². The Morgan fingerprint density at radius 2 is 1.83 bits per heavy atom. The Labute approximate surface area is 196 Å². The average molecular weight is 489 g/mol. The molecule has 0 atom stereocenters. The molecule has 1 heterocycles. The molecule has 2 fully saturated rings. The fourth-order valence-corrected chi connectivity index (χ4v) is 4.56. The van der Waals surface area contributed by atoms with Gasteiger partial charge in [-0.15, -0.1) is 0 Å². The number of carbonyl (C=O) groups excluding carboxylic acids is 3. The van der Waals surface area contributed by atoms with Crippen LogP contribution < -0.4 is 16.2 Å². The molecule has 1 saturated carbocycles. The number of halogens is 4. The number of anilines is 1. The lowest BCUT2D eigenvalue weighted by atomic mass is 9.64.